The summed E-state index contributed by atoms with van der Waals surface area (Å²) in [6, 6.07) is 0. The number of rotatable bonds is 6. The van der Waals surface area contributed by atoms with E-state index in [1.54, 1.807) is 0 Å². The van der Waals surface area contributed by atoms with Gasteiger partial charge in [-0.05, 0) is 25.8 Å². The van der Waals surface area contributed by atoms with E-state index in [-0.39, 0.29) is 6.61 Å². The summed E-state index contributed by atoms with van der Waals surface area (Å²) in [5.74, 6) is 1.15. The Balaban J connectivity index is 1.76. The van der Waals surface area contributed by atoms with E-state index in [0.717, 1.165) is 51.3 Å². The van der Waals surface area contributed by atoms with Crippen molar-refractivity contribution in [1.82, 2.24) is 14.5 Å². The second kappa shape index (κ2) is 5.82. The third kappa shape index (κ3) is 3.10. The minimum atomic E-state index is -0.395. The zero-order chi connectivity index (χ0) is 13.0. The van der Waals surface area contributed by atoms with Crippen molar-refractivity contribution in [3.8, 4) is 0 Å². The van der Waals surface area contributed by atoms with Crippen molar-refractivity contribution < 1.29 is 5.11 Å². The smallest absolute Gasteiger partial charge is 0.122 e. The molecule has 0 fully saturated rings. The summed E-state index contributed by atoms with van der Waals surface area (Å²) in [4.78, 5) is 6.77. The van der Waals surface area contributed by atoms with E-state index in [0.29, 0.717) is 0 Å². The molecule has 18 heavy (non-hydrogen) atoms. The first kappa shape index (κ1) is 13.5. The van der Waals surface area contributed by atoms with Crippen molar-refractivity contribution in [2.45, 2.75) is 44.8 Å². The van der Waals surface area contributed by atoms with E-state index >= 15 is 0 Å². The van der Waals surface area contributed by atoms with Crippen LogP contribution in [0.25, 0.3) is 0 Å². The number of nitrogens with two attached hydrogens (primary N) is 1. The molecule has 1 atom stereocenters. The number of aromatic nitrogens is 2. The Morgan fingerprint density at radius 3 is 3.06 bits per heavy atom. The number of aliphatic hydroxyl groups excluding tert-OH is 1. The van der Waals surface area contributed by atoms with Crippen LogP contribution in [0.4, 0.5) is 0 Å². The van der Waals surface area contributed by atoms with Crippen molar-refractivity contribution in [3.63, 3.8) is 0 Å². The molecule has 0 saturated heterocycles. The van der Waals surface area contributed by atoms with Gasteiger partial charge in [0.1, 0.15) is 5.82 Å². The molecule has 2 heterocycles. The van der Waals surface area contributed by atoms with Crippen LogP contribution in [-0.4, -0.2) is 44.8 Å². The van der Waals surface area contributed by atoms with Crippen molar-refractivity contribution in [3.05, 3.63) is 18.2 Å². The topological polar surface area (TPSA) is 67.3 Å². The molecule has 1 aliphatic rings. The maximum Gasteiger partial charge on any atom is 0.122 e. The van der Waals surface area contributed by atoms with E-state index in [9.17, 15) is 5.11 Å². The molecule has 0 spiro atoms. The van der Waals surface area contributed by atoms with Gasteiger partial charge in [0.05, 0.1) is 13.2 Å². The Morgan fingerprint density at radius 2 is 2.33 bits per heavy atom. The van der Waals surface area contributed by atoms with Crippen LogP contribution in [0.1, 0.15) is 32.0 Å². The second-order valence-corrected chi connectivity index (χ2v) is 5.29. The molecule has 102 valence electrons. The molecule has 0 bridgehead atoms. The lowest BCUT2D eigenvalue weighted by Crippen LogP contribution is -2.44. The largest absolute Gasteiger partial charge is 0.394 e. The molecular formula is C13H24N4O. The average molecular weight is 252 g/mol. The molecule has 1 aliphatic heterocycles. The number of hydrogen-bond donors (Lipinski definition) is 2. The molecule has 1 aromatic heterocycles. The lowest BCUT2D eigenvalue weighted by Gasteiger charge is -2.30. The summed E-state index contributed by atoms with van der Waals surface area (Å²) >= 11 is 0. The van der Waals surface area contributed by atoms with Gasteiger partial charge in [-0.1, -0.05) is 6.92 Å². The molecule has 2 rings (SSSR count). The Bertz CT molecular complexity index is 373. The lowest BCUT2D eigenvalue weighted by atomic mass is 9.92. The van der Waals surface area contributed by atoms with Crippen LogP contribution >= 0.6 is 0 Å². The second-order valence-electron chi connectivity index (χ2n) is 5.29. The van der Waals surface area contributed by atoms with Gasteiger partial charge in [-0.2, -0.15) is 0 Å². The Labute approximate surface area is 109 Å². The first-order valence-electron chi connectivity index (χ1n) is 6.79. The molecule has 0 saturated carbocycles. The highest BCUT2D eigenvalue weighted by molar-refractivity contribution is 4.95. The molecule has 0 amide bonds. The number of imidazole rings is 1. The first-order valence-corrected chi connectivity index (χ1v) is 6.79. The zero-order valence-electron chi connectivity index (χ0n) is 11.2. The van der Waals surface area contributed by atoms with Gasteiger partial charge < -0.3 is 15.4 Å². The number of nitrogens with zero attached hydrogens (tertiary/aromatic N) is 3. The van der Waals surface area contributed by atoms with Crippen LogP contribution in [0, 0.1) is 0 Å². The normalized spacial score (nSPS) is 19.5. The van der Waals surface area contributed by atoms with Gasteiger partial charge in [0.2, 0.25) is 0 Å². The average Bonchev–Trinajstić information content (AvgIpc) is 2.86. The molecule has 5 nitrogen and oxygen atoms in total. The minimum absolute atomic E-state index is 0.0773. The van der Waals surface area contributed by atoms with Gasteiger partial charge in [-0.3, -0.25) is 4.90 Å². The highest BCUT2D eigenvalue weighted by Gasteiger charge is 2.22. The quantitative estimate of drug-likeness (QED) is 0.777. The number of aliphatic hydroxyl groups is 1. The van der Waals surface area contributed by atoms with E-state index in [1.807, 2.05) is 19.3 Å². The third-order valence-corrected chi connectivity index (χ3v) is 3.99. The summed E-state index contributed by atoms with van der Waals surface area (Å²) in [6.07, 6.45) is 6.65. The van der Waals surface area contributed by atoms with E-state index in [4.69, 9.17) is 5.73 Å². The predicted molar refractivity (Wildman–Crippen MR) is 71.0 cm³/mol. The third-order valence-electron chi connectivity index (χ3n) is 3.99. The fourth-order valence-electron chi connectivity index (χ4n) is 2.44. The van der Waals surface area contributed by atoms with Crippen molar-refractivity contribution in [2.75, 3.05) is 19.7 Å². The molecule has 1 aromatic rings. The number of fused-ring (bicyclic) bond motifs is 1. The van der Waals surface area contributed by atoms with Crippen LogP contribution in [-0.2, 0) is 13.1 Å². The van der Waals surface area contributed by atoms with E-state index < -0.39 is 5.54 Å². The SMILES string of the molecule is CCC(N)(CO)CCCN1CCn2ccnc2C1. The highest BCUT2D eigenvalue weighted by atomic mass is 16.3. The van der Waals surface area contributed by atoms with Gasteiger partial charge in [0.15, 0.2) is 0 Å². The van der Waals surface area contributed by atoms with E-state index in [2.05, 4.69) is 14.5 Å². The summed E-state index contributed by atoms with van der Waals surface area (Å²) in [5, 5.41) is 9.27. The van der Waals surface area contributed by atoms with Gasteiger partial charge in [0, 0.05) is 31.0 Å². The lowest BCUT2D eigenvalue weighted by molar-refractivity contribution is 0.163. The summed E-state index contributed by atoms with van der Waals surface area (Å²) in [6.45, 7) is 6.17. The van der Waals surface area contributed by atoms with Crippen LogP contribution in [0.3, 0.4) is 0 Å². The van der Waals surface area contributed by atoms with Crippen LogP contribution in [0.5, 0.6) is 0 Å². The van der Waals surface area contributed by atoms with Gasteiger partial charge >= 0.3 is 0 Å². The maximum atomic E-state index is 9.27. The van der Waals surface area contributed by atoms with Crippen molar-refractivity contribution >= 4 is 0 Å². The first-order chi connectivity index (χ1) is 8.67. The molecule has 0 aromatic carbocycles. The molecule has 0 radical (unpaired) electrons. The Kier molecular flexibility index (Phi) is 4.37. The van der Waals surface area contributed by atoms with Crippen molar-refractivity contribution in [1.29, 1.82) is 0 Å². The Hall–Kier alpha value is -0.910. The summed E-state index contributed by atoms with van der Waals surface area (Å²) in [5.41, 5.74) is 5.69. The van der Waals surface area contributed by atoms with Crippen molar-refractivity contribution in [2.24, 2.45) is 5.73 Å². The monoisotopic (exact) mass is 252 g/mol. The molecule has 0 aliphatic carbocycles. The van der Waals surface area contributed by atoms with Crippen LogP contribution in [0.15, 0.2) is 12.4 Å². The Morgan fingerprint density at radius 1 is 1.50 bits per heavy atom. The highest BCUT2D eigenvalue weighted by Crippen LogP contribution is 2.16. The van der Waals surface area contributed by atoms with Gasteiger partial charge in [0.25, 0.3) is 0 Å². The molecule has 5 heteroatoms. The number of hydrogen-bond acceptors (Lipinski definition) is 4. The predicted octanol–water partition coefficient (Wildman–Crippen LogP) is 0.579. The summed E-state index contributed by atoms with van der Waals surface area (Å²) in [7, 11) is 0. The zero-order valence-corrected chi connectivity index (χ0v) is 11.2. The fraction of sp³-hybridized carbons (Fsp3) is 0.769. The standard InChI is InChI=1S/C13H24N4O/c1-2-13(14,11-18)4-3-6-16-8-9-17-7-5-15-12(17)10-16/h5,7,18H,2-4,6,8-11,14H2,1H3. The van der Waals surface area contributed by atoms with Gasteiger partial charge in [-0.25, -0.2) is 4.98 Å². The molecule has 3 N–H and O–H groups in total. The summed E-state index contributed by atoms with van der Waals surface area (Å²) < 4.78 is 2.21. The fourth-order valence-corrected chi connectivity index (χ4v) is 2.44. The maximum absolute atomic E-state index is 9.27. The molecule has 1 unspecified atom stereocenters. The van der Waals surface area contributed by atoms with E-state index in [1.165, 1.54) is 0 Å². The van der Waals surface area contributed by atoms with Crippen LogP contribution < -0.4 is 5.73 Å². The van der Waals surface area contributed by atoms with Gasteiger partial charge in [-0.15, -0.1) is 0 Å². The van der Waals surface area contributed by atoms with Crippen LogP contribution in [0.2, 0.25) is 0 Å². The molecular weight excluding hydrogens is 228 g/mol. The minimum Gasteiger partial charge on any atom is -0.394 e.